The highest BCUT2D eigenvalue weighted by atomic mass is 32.2. The zero-order valence-electron chi connectivity index (χ0n) is 12.5. The number of hydrogen-bond donors (Lipinski definition) is 2. The molecule has 0 saturated carbocycles. The number of rotatable bonds is 6. The summed E-state index contributed by atoms with van der Waals surface area (Å²) in [5, 5.41) is 8.51. The molecule has 116 valence electrons. The number of carboxylic acids is 1. The van der Waals surface area contributed by atoms with Crippen LogP contribution in [0, 0.1) is 0 Å². The van der Waals surface area contributed by atoms with Gasteiger partial charge in [-0.05, 0) is 18.2 Å². The minimum Gasteiger partial charge on any atom is -0.480 e. The van der Waals surface area contributed by atoms with Crippen LogP contribution in [0.25, 0.3) is 0 Å². The molecular formula is C15H21NO4S. The van der Waals surface area contributed by atoms with Gasteiger partial charge in [-0.3, -0.25) is 14.4 Å². The summed E-state index contributed by atoms with van der Waals surface area (Å²) < 4.78 is 0. The van der Waals surface area contributed by atoms with Crippen molar-refractivity contribution in [3.8, 4) is 0 Å². The zero-order chi connectivity index (χ0) is 16.4. The van der Waals surface area contributed by atoms with E-state index in [1.54, 1.807) is 30.5 Å². The van der Waals surface area contributed by atoms with Gasteiger partial charge in [-0.25, -0.2) is 0 Å². The summed E-state index contributed by atoms with van der Waals surface area (Å²) in [5.41, 5.74) is 6.59. The Labute approximate surface area is 128 Å². The van der Waals surface area contributed by atoms with Gasteiger partial charge >= 0.3 is 5.97 Å². The van der Waals surface area contributed by atoms with Crippen LogP contribution in [0.3, 0.4) is 0 Å². The Hall–Kier alpha value is -1.66. The average Bonchev–Trinajstić information content (AvgIpc) is 2.49. The number of Topliss-reactive ketones (excluding diaryl/α,β-unsaturated/α-hetero) is 1. The van der Waals surface area contributed by atoms with Gasteiger partial charge in [0.15, 0.2) is 10.9 Å². The van der Waals surface area contributed by atoms with E-state index in [2.05, 4.69) is 0 Å². The number of nitrogens with two attached hydrogens (primary N) is 1. The number of hydrogen-bond acceptors (Lipinski definition) is 5. The first-order valence-electron chi connectivity index (χ1n) is 6.61. The molecule has 0 radical (unpaired) electrons. The number of aliphatic carboxylic acids is 1. The molecule has 0 aromatic heterocycles. The minimum atomic E-state index is -1.06. The molecule has 1 atom stereocenters. The highest BCUT2D eigenvalue weighted by molar-refractivity contribution is 8.13. The predicted octanol–water partition coefficient (Wildman–Crippen LogP) is 2.13. The SMILES string of the molecule is CC.CSC(=O)CC(=O)c1ccc(CC(N)C(=O)O)cc1. The zero-order valence-corrected chi connectivity index (χ0v) is 13.3. The van der Waals surface area contributed by atoms with Crippen LogP contribution in [0.1, 0.15) is 36.2 Å². The van der Waals surface area contributed by atoms with Crippen molar-refractivity contribution in [2.75, 3.05) is 6.26 Å². The maximum Gasteiger partial charge on any atom is 0.320 e. The van der Waals surface area contributed by atoms with Crippen LogP contribution in [0.5, 0.6) is 0 Å². The summed E-state index contributed by atoms with van der Waals surface area (Å²) in [7, 11) is 0. The first-order chi connectivity index (χ1) is 9.93. The maximum atomic E-state index is 11.7. The van der Waals surface area contributed by atoms with Crippen LogP contribution in [-0.4, -0.2) is 34.3 Å². The van der Waals surface area contributed by atoms with Crippen molar-refractivity contribution >= 4 is 28.6 Å². The molecule has 6 heteroatoms. The number of carbonyl (C=O) groups excluding carboxylic acids is 2. The molecule has 1 aromatic carbocycles. The molecule has 0 fully saturated rings. The van der Waals surface area contributed by atoms with Crippen LogP contribution in [-0.2, 0) is 16.0 Å². The standard InChI is InChI=1S/C13H15NO4S.C2H6/c1-19-12(16)7-11(15)9-4-2-8(3-5-9)6-10(14)13(17)18;1-2/h2-5,10H,6-7,14H2,1H3,(H,17,18);1-2H3. The van der Waals surface area contributed by atoms with E-state index in [1.165, 1.54) is 0 Å². The van der Waals surface area contributed by atoms with Gasteiger partial charge < -0.3 is 10.8 Å². The normalized spacial score (nSPS) is 11.0. The third-order valence-corrected chi connectivity index (χ3v) is 3.18. The Kier molecular flexibility index (Phi) is 9.32. The summed E-state index contributed by atoms with van der Waals surface area (Å²) >= 11 is 1.02. The van der Waals surface area contributed by atoms with Crippen LogP contribution < -0.4 is 5.73 Å². The predicted molar refractivity (Wildman–Crippen MR) is 84.6 cm³/mol. The first kappa shape index (κ1) is 19.3. The number of carboxylic acid groups (broad SMARTS) is 1. The Morgan fingerprint density at radius 1 is 1.19 bits per heavy atom. The summed E-state index contributed by atoms with van der Waals surface area (Å²) in [6.45, 7) is 4.00. The van der Waals surface area contributed by atoms with E-state index < -0.39 is 12.0 Å². The summed E-state index contributed by atoms with van der Waals surface area (Å²) in [6, 6.07) is 5.51. The van der Waals surface area contributed by atoms with Gasteiger partial charge in [0, 0.05) is 5.56 Å². The van der Waals surface area contributed by atoms with Gasteiger partial charge in [0.05, 0.1) is 6.42 Å². The van der Waals surface area contributed by atoms with Crippen molar-refractivity contribution in [3.63, 3.8) is 0 Å². The van der Waals surface area contributed by atoms with E-state index in [-0.39, 0.29) is 23.7 Å². The summed E-state index contributed by atoms with van der Waals surface area (Å²) in [5.74, 6) is -1.31. The van der Waals surface area contributed by atoms with Crippen molar-refractivity contribution in [1.82, 2.24) is 0 Å². The second-order valence-electron chi connectivity index (χ2n) is 4.02. The molecule has 0 aliphatic rings. The average molecular weight is 311 g/mol. The van der Waals surface area contributed by atoms with E-state index in [9.17, 15) is 14.4 Å². The second kappa shape index (κ2) is 10.1. The Morgan fingerprint density at radius 3 is 2.14 bits per heavy atom. The van der Waals surface area contributed by atoms with Crippen LogP contribution in [0.15, 0.2) is 24.3 Å². The van der Waals surface area contributed by atoms with Gasteiger partial charge in [-0.2, -0.15) is 0 Å². The quantitative estimate of drug-likeness (QED) is 0.617. The lowest BCUT2D eigenvalue weighted by molar-refractivity contribution is -0.138. The molecule has 21 heavy (non-hydrogen) atoms. The molecule has 0 aliphatic carbocycles. The number of benzene rings is 1. The molecule has 0 aliphatic heterocycles. The summed E-state index contributed by atoms with van der Waals surface area (Å²) in [4.78, 5) is 33.5. The Bertz CT molecular complexity index is 485. The second-order valence-corrected chi connectivity index (χ2v) is 4.89. The highest BCUT2D eigenvalue weighted by Gasteiger charge is 2.14. The lowest BCUT2D eigenvalue weighted by Gasteiger charge is -2.07. The molecule has 0 bridgehead atoms. The van der Waals surface area contributed by atoms with E-state index in [0.717, 1.165) is 17.3 Å². The van der Waals surface area contributed by atoms with E-state index >= 15 is 0 Å². The van der Waals surface area contributed by atoms with Gasteiger partial charge in [0.2, 0.25) is 0 Å². The van der Waals surface area contributed by atoms with Crippen molar-refractivity contribution in [2.24, 2.45) is 5.73 Å². The summed E-state index contributed by atoms with van der Waals surface area (Å²) in [6.07, 6.45) is 1.70. The fraction of sp³-hybridized carbons (Fsp3) is 0.400. The van der Waals surface area contributed by atoms with Crippen molar-refractivity contribution in [3.05, 3.63) is 35.4 Å². The molecule has 0 saturated heterocycles. The topological polar surface area (TPSA) is 97.5 Å². The molecule has 5 nitrogen and oxygen atoms in total. The van der Waals surface area contributed by atoms with Gasteiger partial charge in [0.1, 0.15) is 6.04 Å². The Balaban J connectivity index is 0.00000191. The first-order valence-corrected chi connectivity index (χ1v) is 7.84. The highest BCUT2D eigenvalue weighted by Crippen LogP contribution is 2.11. The van der Waals surface area contributed by atoms with E-state index in [1.807, 2.05) is 13.8 Å². The van der Waals surface area contributed by atoms with Crippen LogP contribution in [0.2, 0.25) is 0 Å². The lowest BCUT2D eigenvalue weighted by Crippen LogP contribution is -2.32. The molecule has 0 amide bonds. The molecular weight excluding hydrogens is 290 g/mol. The monoisotopic (exact) mass is 311 g/mol. The minimum absolute atomic E-state index is 0.130. The van der Waals surface area contributed by atoms with E-state index in [4.69, 9.17) is 10.8 Å². The number of ketones is 1. The van der Waals surface area contributed by atoms with E-state index in [0.29, 0.717) is 5.56 Å². The smallest absolute Gasteiger partial charge is 0.320 e. The third-order valence-electron chi connectivity index (χ3n) is 2.58. The molecule has 1 unspecified atom stereocenters. The number of thioether (sulfide) groups is 1. The van der Waals surface area contributed by atoms with Crippen LogP contribution >= 0.6 is 11.8 Å². The van der Waals surface area contributed by atoms with Crippen molar-refractivity contribution in [1.29, 1.82) is 0 Å². The fourth-order valence-corrected chi connectivity index (χ4v) is 1.75. The van der Waals surface area contributed by atoms with Gasteiger partial charge in [0.25, 0.3) is 0 Å². The third kappa shape index (κ3) is 7.06. The fourth-order valence-electron chi connectivity index (χ4n) is 1.47. The lowest BCUT2D eigenvalue weighted by atomic mass is 10.0. The van der Waals surface area contributed by atoms with Crippen molar-refractivity contribution < 1.29 is 19.5 Å². The molecule has 3 N–H and O–H groups in total. The van der Waals surface area contributed by atoms with Crippen LogP contribution in [0.4, 0.5) is 0 Å². The van der Waals surface area contributed by atoms with Crippen molar-refractivity contribution in [2.45, 2.75) is 32.7 Å². The molecule has 1 rings (SSSR count). The van der Waals surface area contributed by atoms with Gasteiger partial charge in [-0.15, -0.1) is 0 Å². The molecule has 1 aromatic rings. The Morgan fingerprint density at radius 2 is 1.71 bits per heavy atom. The molecule has 0 spiro atoms. The van der Waals surface area contributed by atoms with Gasteiger partial charge in [-0.1, -0.05) is 49.9 Å². The maximum absolute atomic E-state index is 11.7. The largest absolute Gasteiger partial charge is 0.480 e. The molecule has 0 heterocycles. The number of carbonyl (C=O) groups is 3.